The van der Waals surface area contributed by atoms with Gasteiger partial charge in [0.05, 0.1) is 5.56 Å². The summed E-state index contributed by atoms with van der Waals surface area (Å²) in [6.45, 7) is 0.154. The van der Waals surface area contributed by atoms with Crippen LogP contribution >= 0.6 is 11.3 Å². The summed E-state index contributed by atoms with van der Waals surface area (Å²) in [6.07, 6.45) is -1.34. The summed E-state index contributed by atoms with van der Waals surface area (Å²) in [6, 6.07) is 0.996. The van der Waals surface area contributed by atoms with Crippen LogP contribution < -0.4 is 16.0 Å². The van der Waals surface area contributed by atoms with Crippen LogP contribution in [-0.4, -0.2) is 55.0 Å². The van der Waals surface area contributed by atoms with E-state index in [0.717, 1.165) is 4.88 Å². The van der Waals surface area contributed by atoms with E-state index in [-0.39, 0.29) is 34.8 Å². The maximum Gasteiger partial charge on any atom is 0.282 e. The number of aryl methyl sites for hydroxylation is 2. The zero-order valence-corrected chi connectivity index (χ0v) is 22.7. The molecule has 16 heteroatoms. The fourth-order valence-corrected chi connectivity index (χ4v) is 6.60. The zero-order valence-electron chi connectivity index (χ0n) is 21.8. The number of nitrogens with zero attached hydrogens (tertiary/aromatic N) is 5. The maximum absolute atomic E-state index is 13.4. The Hall–Kier alpha value is -3.56. The van der Waals surface area contributed by atoms with Crippen molar-refractivity contribution in [2.75, 3.05) is 17.2 Å². The van der Waals surface area contributed by atoms with Gasteiger partial charge in [-0.3, -0.25) is 18.8 Å². The van der Waals surface area contributed by atoms with Crippen LogP contribution in [0.25, 0.3) is 0 Å². The summed E-state index contributed by atoms with van der Waals surface area (Å²) in [4.78, 5) is 27.0. The molecule has 3 aliphatic rings. The summed E-state index contributed by atoms with van der Waals surface area (Å²) in [7, 11) is 1.52. The highest BCUT2D eigenvalue weighted by molar-refractivity contribution is 7.17. The first kappa shape index (κ1) is 27.6. The Labute approximate surface area is 234 Å². The van der Waals surface area contributed by atoms with E-state index in [2.05, 4.69) is 31.2 Å². The van der Waals surface area contributed by atoms with Crippen LogP contribution in [0, 0.1) is 11.8 Å². The number of fused-ring (bicyclic) bond motifs is 1. The molecule has 2 fully saturated rings. The Balaban J connectivity index is 1.24. The van der Waals surface area contributed by atoms with E-state index >= 15 is 0 Å². The molecule has 3 atom stereocenters. The molecular weight excluding hydrogens is 571 g/mol. The summed E-state index contributed by atoms with van der Waals surface area (Å²) in [5, 5.41) is 20.6. The zero-order chi connectivity index (χ0) is 29.1. The Bertz CT molecular complexity index is 1480. The number of amides is 2. The van der Waals surface area contributed by atoms with Gasteiger partial charge in [-0.1, -0.05) is 0 Å². The van der Waals surface area contributed by atoms with E-state index in [1.807, 2.05) is 0 Å². The second-order valence-corrected chi connectivity index (χ2v) is 11.9. The molecule has 2 amide bonds. The fourth-order valence-electron chi connectivity index (χ4n) is 5.35. The molecule has 0 unspecified atom stereocenters. The number of carbonyl (C=O) groups is 2. The number of nitrogens with one attached hydrogen (secondary N) is 3. The van der Waals surface area contributed by atoms with Crippen molar-refractivity contribution in [1.29, 1.82) is 0 Å². The van der Waals surface area contributed by atoms with Gasteiger partial charge in [0.1, 0.15) is 29.0 Å². The molecule has 0 spiro atoms. The molecule has 3 aromatic rings. The summed E-state index contributed by atoms with van der Waals surface area (Å²) < 4.78 is 69.4. The first-order valence-electron chi connectivity index (χ1n) is 13.2. The Morgan fingerprint density at radius 3 is 2.68 bits per heavy atom. The first-order valence-corrected chi connectivity index (χ1v) is 14.0. The van der Waals surface area contributed by atoms with E-state index in [0.29, 0.717) is 43.0 Å². The monoisotopic (exact) mass is 598 g/mol. The molecule has 3 heterocycles. The van der Waals surface area contributed by atoms with Gasteiger partial charge < -0.3 is 16.0 Å². The molecule has 0 saturated heterocycles. The number of aromatic nitrogens is 5. The quantitative estimate of drug-likeness (QED) is 0.311. The molecule has 220 valence electrons. The molecule has 0 aliphatic heterocycles. The second kappa shape index (κ2) is 10.4. The lowest BCUT2D eigenvalue weighted by molar-refractivity contribution is -0.145. The number of carbonyl (C=O) groups excluding carboxylic acids is 2. The van der Waals surface area contributed by atoms with E-state index in [4.69, 9.17) is 0 Å². The molecular formula is C25H27F5N8O2S. The smallest absolute Gasteiger partial charge is 0.282 e. The summed E-state index contributed by atoms with van der Waals surface area (Å²) in [5.74, 6) is -4.39. The lowest BCUT2D eigenvalue weighted by Crippen LogP contribution is -2.42. The van der Waals surface area contributed by atoms with Crippen molar-refractivity contribution < 1.29 is 31.5 Å². The van der Waals surface area contributed by atoms with Gasteiger partial charge in [-0.25, -0.2) is 22.0 Å². The number of alkyl halides is 5. The molecule has 0 radical (unpaired) electrons. The normalized spacial score (nSPS) is 23.1. The van der Waals surface area contributed by atoms with E-state index in [9.17, 15) is 31.5 Å². The minimum absolute atomic E-state index is 0.154. The average molecular weight is 599 g/mol. The highest BCUT2D eigenvalue weighted by atomic mass is 32.1. The van der Waals surface area contributed by atoms with Gasteiger partial charge in [-0.15, -0.1) is 21.5 Å². The summed E-state index contributed by atoms with van der Waals surface area (Å²) in [5.41, 5.74) is 0.564. The first-order chi connectivity index (χ1) is 19.5. The van der Waals surface area contributed by atoms with Crippen LogP contribution in [0.15, 0.2) is 12.4 Å². The number of hydrogen-bond donors (Lipinski definition) is 3. The standard InChI is InChI=1S/C25H27F5N8O2S/c1-37-18(6-16(36-37)20(27)28)33-24-35-32-10-38(24)13-2-3-17-14(5-13)19(22(40)31-9-11-4-15(11)26)23(41-17)34-21(39)12-7-25(29,30)8-12/h6,10-13,15,20H,2-5,7-9H2,1H3,(H,31,40)(H,33,35)(H,34,39)/t11-,13-,15-/m0/s1. The van der Waals surface area contributed by atoms with Crippen LogP contribution in [0.3, 0.4) is 0 Å². The van der Waals surface area contributed by atoms with Crippen molar-refractivity contribution in [3.63, 3.8) is 0 Å². The molecule has 6 rings (SSSR count). The number of rotatable bonds is 9. The Kier molecular flexibility index (Phi) is 6.98. The topological polar surface area (TPSA) is 119 Å². The lowest BCUT2D eigenvalue weighted by Gasteiger charge is -2.33. The van der Waals surface area contributed by atoms with Gasteiger partial charge in [-0.2, -0.15) is 5.10 Å². The van der Waals surface area contributed by atoms with E-state index in [1.165, 1.54) is 35.5 Å². The van der Waals surface area contributed by atoms with Gasteiger partial charge in [0.2, 0.25) is 17.8 Å². The van der Waals surface area contributed by atoms with Crippen molar-refractivity contribution in [2.24, 2.45) is 18.9 Å². The van der Waals surface area contributed by atoms with Crippen LogP contribution in [-0.2, 0) is 24.7 Å². The molecule has 0 bridgehead atoms. The highest BCUT2D eigenvalue weighted by Gasteiger charge is 2.49. The molecule has 3 aliphatic carbocycles. The van der Waals surface area contributed by atoms with Gasteiger partial charge in [-0.05, 0) is 31.2 Å². The van der Waals surface area contributed by atoms with Crippen molar-refractivity contribution in [3.8, 4) is 0 Å². The van der Waals surface area contributed by atoms with E-state index < -0.39 is 49.1 Å². The van der Waals surface area contributed by atoms with Gasteiger partial charge >= 0.3 is 0 Å². The van der Waals surface area contributed by atoms with Crippen LogP contribution in [0.4, 0.5) is 38.7 Å². The molecule has 3 aromatic heterocycles. The van der Waals surface area contributed by atoms with Crippen LogP contribution in [0.5, 0.6) is 0 Å². The molecule has 3 N–H and O–H groups in total. The van der Waals surface area contributed by atoms with Crippen molar-refractivity contribution in [3.05, 3.63) is 34.1 Å². The molecule has 10 nitrogen and oxygen atoms in total. The number of halogens is 5. The van der Waals surface area contributed by atoms with Crippen molar-refractivity contribution in [2.45, 2.75) is 63.1 Å². The van der Waals surface area contributed by atoms with Crippen LogP contribution in [0.1, 0.15) is 64.6 Å². The summed E-state index contributed by atoms with van der Waals surface area (Å²) >= 11 is 1.24. The third-order valence-electron chi connectivity index (χ3n) is 7.85. The molecule has 41 heavy (non-hydrogen) atoms. The van der Waals surface area contributed by atoms with Crippen molar-refractivity contribution in [1.82, 2.24) is 29.9 Å². The van der Waals surface area contributed by atoms with Gasteiger partial charge in [0, 0.05) is 55.3 Å². The minimum Gasteiger partial charge on any atom is -0.352 e. The maximum atomic E-state index is 13.4. The van der Waals surface area contributed by atoms with Gasteiger partial charge in [0.15, 0.2) is 0 Å². The third kappa shape index (κ3) is 5.53. The Morgan fingerprint density at radius 1 is 1.27 bits per heavy atom. The predicted octanol–water partition coefficient (Wildman–Crippen LogP) is 4.56. The number of thiophene rings is 1. The Morgan fingerprint density at radius 2 is 2.02 bits per heavy atom. The predicted molar refractivity (Wildman–Crippen MR) is 138 cm³/mol. The molecule has 0 aromatic carbocycles. The lowest BCUT2D eigenvalue weighted by atomic mass is 9.81. The highest BCUT2D eigenvalue weighted by Crippen LogP contribution is 2.45. The minimum atomic E-state index is -2.86. The molecule has 2 saturated carbocycles. The third-order valence-corrected chi connectivity index (χ3v) is 9.06. The number of anilines is 3. The van der Waals surface area contributed by atoms with Crippen molar-refractivity contribution >= 4 is 39.9 Å². The van der Waals surface area contributed by atoms with Crippen LogP contribution in [0.2, 0.25) is 0 Å². The fraction of sp³-hybridized carbons (Fsp3) is 0.560. The number of hydrogen-bond acceptors (Lipinski definition) is 7. The second-order valence-electron chi connectivity index (χ2n) is 10.8. The average Bonchev–Trinajstić information content (AvgIpc) is 3.23. The largest absolute Gasteiger partial charge is 0.352 e. The SMILES string of the molecule is Cn1nc(C(F)F)cc1Nc1nncn1[C@H]1CCc2sc(NC(=O)C3CC(F)(F)C3)c(C(=O)NC[C@@H]3C[C@@H]3F)c2C1. The van der Waals surface area contributed by atoms with Gasteiger partial charge in [0.25, 0.3) is 12.3 Å². The van der Waals surface area contributed by atoms with E-state index in [1.54, 1.807) is 4.57 Å².